The number of fused-ring (bicyclic) bond motifs is 1. The highest BCUT2D eigenvalue weighted by molar-refractivity contribution is 6.01. The molecule has 0 radical (unpaired) electrons. The maximum absolute atomic E-state index is 8.75. The number of rotatable bonds is 0. The maximum atomic E-state index is 8.75. The Hall–Kier alpha value is -1.05. The minimum atomic E-state index is 0.620. The van der Waals surface area contributed by atoms with E-state index in [-0.39, 0.29) is 0 Å². The van der Waals surface area contributed by atoms with Crippen molar-refractivity contribution in [3.05, 3.63) is 23.8 Å². The van der Waals surface area contributed by atoms with Gasteiger partial charge in [-0.1, -0.05) is 23.4 Å². The topological polar surface area (TPSA) is 32.6 Å². The molecule has 0 amide bonds. The fourth-order valence-corrected chi connectivity index (χ4v) is 2.05. The van der Waals surface area contributed by atoms with Gasteiger partial charge in [-0.05, 0) is 37.2 Å². The minimum absolute atomic E-state index is 0.620. The summed E-state index contributed by atoms with van der Waals surface area (Å²) in [5, 5.41) is 12.1. The van der Waals surface area contributed by atoms with Crippen LogP contribution >= 0.6 is 0 Å². The fraction of sp³-hybridized carbons (Fsp3) is 0.500. The van der Waals surface area contributed by atoms with Crippen LogP contribution in [0.4, 0.5) is 0 Å². The van der Waals surface area contributed by atoms with Crippen LogP contribution < -0.4 is 0 Å². The summed E-state index contributed by atoms with van der Waals surface area (Å²) in [5.74, 6) is 0.620. The van der Waals surface area contributed by atoms with Crippen molar-refractivity contribution >= 4 is 5.71 Å². The zero-order valence-corrected chi connectivity index (χ0v) is 7.03. The molecule has 2 aliphatic carbocycles. The van der Waals surface area contributed by atoms with E-state index in [4.69, 9.17) is 5.21 Å². The van der Waals surface area contributed by atoms with Crippen LogP contribution in [0.2, 0.25) is 0 Å². The summed E-state index contributed by atoms with van der Waals surface area (Å²) in [5.41, 5.74) is 2.15. The third-order valence-corrected chi connectivity index (χ3v) is 2.69. The molecule has 2 nitrogen and oxygen atoms in total. The van der Waals surface area contributed by atoms with E-state index in [1.54, 1.807) is 0 Å². The summed E-state index contributed by atoms with van der Waals surface area (Å²) in [7, 11) is 0. The van der Waals surface area contributed by atoms with Gasteiger partial charge in [0.15, 0.2) is 0 Å². The van der Waals surface area contributed by atoms with Gasteiger partial charge in [0.2, 0.25) is 0 Å². The standard InChI is InChI=1S/C10H13NO/c12-11-10-7-3-5-8-4-1-2-6-9(8)10/h1-2,6,8,12H,3-5,7H2. The quantitative estimate of drug-likeness (QED) is 0.432. The average molecular weight is 163 g/mol. The molecule has 0 spiro atoms. The van der Waals surface area contributed by atoms with E-state index < -0.39 is 0 Å². The lowest BCUT2D eigenvalue weighted by Crippen LogP contribution is -2.20. The van der Waals surface area contributed by atoms with Gasteiger partial charge < -0.3 is 5.21 Å². The largest absolute Gasteiger partial charge is 0.411 e. The van der Waals surface area contributed by atoms with E-state index >= 15 is 0 Å². The Bertz CT molecular complexity index is 263. The highest BCUT2D eigenvalue weighted by atomic mass is 16.4. The third kappa shape index (κ3) is 1.17. The SMILES string of the molecule is ON=C1CCCC2CC=CC=C12. The predicted octanol–water partition coefficient (Wildman–Crippen LogP) is 2.50. The number of hydrogen-bond donors (Lipinski definition) is 1. The van der Waals surface area contributed by atoms with Crippen molar-refractivity contribution in [1.29, 1.82) is 0 Å². The molecule has 64 valence electrons. The lowest BCUT2D eigenvalue weighted by molar-refractivity contribution is 0.315. The first-order valence-electron chi connectivity index (χ1n) is 4.50. The van der Waals surface area contributed by atoms with E-state index in [9.17, 15) is 0 Å². The van der Waals surface area contributed by atoms with Crippen LogP contribution in [0.25, 0.3) is 0 Å². The molecular formula is C10H13NO. The van der Waals surface area contributed by atoms with E-state index in [0.717, 1.165) is 25.0 Å². The summed E-state index contributed by atoms with van der Waals surface area (Å²) in [6.45, 7) is 0. The molecule has 1 atom stereocenters. The van der Waals surface area contributed by atoms with Crippen LogP contribution in [-0.4, -0.2) is 10.9 Å². The molecule has 2 aliphatic rings. The molecule has 0 aromatic carbocycles. The van der Waals surface area contributed by atoms with Gasteiger partial charge in [-0.3, -0.25) is 0 Å². The number of nitrogens with zero attached hydrogens (tertiary/aromatic N) is 1. The van der Waals surface area contributed by atoms with Crippen molar-refractivity contribution in [3.63, 3.8) is 0 Å². The second kappa shape index (κ2) is 3.13. The first kappa shape index (κ1) is 7.59. The van der Waals surface area contributed by atoms with E-state index in [1.807, 2.05) is 0 Å². The van der Waals surface area contributed by atoms with Crippen LogP contribution in [0.15, 0.2) is 29.0 Å². The number of allylic oxidation sites excluding steroid dienone is 4. The van der Waals surface area contributed by atoms with Crippen LogP contribution in [0.3, 0.4) is 0 Å². The van der Waals surface area contributed by atoms with Crippen LogP contribution in [0.1, 0.15) is 25.7 Å². The average Bonchev–Trinajstić information content (AvgIpc) is 2.17. The Morgan fingerprint density at radius 2 is 2.42 bits per heavy atom. The van der Waals surface area contributed by atoms with E-state index in [1.165, 1.54) is 12.0 Å². The first-order valence-corrected chi connectivity index (χ1v) is 4.50. The van der Waals surface area contributed by atoms with Gasteiger partial charge in [0.1, 0.15) is 0 Å². The van der Waals surface area contributed by atoms with Crippen molar-refractivity contribution < 1.29 is 5.21 Å². The Kier molecular flexibility index (Phi) is 1.98. The Morgan fingerprint density at radius 1 is 1.50 bits per heavy atom. The van der Waals surface area contributed by atoms with Crippen molar-refractivity contribution in [2.45, 2.75) is 25.7 Å². The molecule has 0 bridgehead atoms. The molecule has 0 saturated heterocycles. The van der Waals surface area contributed by atoms with Gasteiger partial charge >= 0.3 is 0 Å². The third-order valence-electron chi connectivity index (χ3n) is 2.69. The highest BCUT2D eigenvalue weighted by Crippen LogP contribution is 2.32. The molecule has 0 aliphatic heterocycles. The molecule has 0 aromatic rings. The smallest absolute Gasteiger partial charge is 0.0830 e. The zero-order valence-electron chi connectivity index (χ0n) is 7.03. The molecule has 0 aromatic heterocycles. The minimum Gasteiger partial charge on any atom is -0.411 e. The summed E-state index contributed by atoms with van der Waals surface area (Å²) in [6.07, 6.45) is 10.8. The zero-order chi connectivity index (χ0) is 8.39. The van der Waals surface area contributed by atoms with E-state index in [2.05, 4.69) is 23.4 Å². The highest BCUT2D eigenvalue weighted by Gasteiger charge is 2.24. The van der Waals surface area contributed by atoms with Crippen molar-refractivity contribution in [3.8, 4) is 0 Å². The lowest BCUT2D eigenvalue weighted by atomic mass is 9.79. The van der Waals surface area contributed by atoms with Crippen LogP contribution in [0, 0.1) is 5.92 Å². The summed E-state index contributed by atoms with van der Waals surface area (Å²) < 4.78 is 0. The second-order valence-electron chi connectivity index (χ2n) is 3.42. The summed E-state index contributed by atoms with van der Waals surface area (Å²) in [6, 6.07) is 0. The van der Waals surface area contributed by atoms with E-state index in [0.29, 0.717) is 5.92 Å². The molecule has 0 heterocycles. The number of oxime groups is 1. The molecule has 2 heteroatoms. The number of hydrogen-bond acceptors (Lipinski definition) is 2. The molecule has 1 saturated carbocycles. The monoisotopic (exact) mass is 163 g/mol. The maximum Gasteiger partial charge on any atom is 0.0830 e. The van der Waals surface area contributed by atoms with Crippen molar-refractivity contribution in [2.24, 2.45) is 11.1 Å². The molecular weight excluding hydrogens is 150 g/mol. The fourth-order valence-electron chi connectivity index (χ4n) is 2.05. The summed E-state index contributed by atoms with van der Waals surface area (Å²) in [4.78, 5) is 0. The Morgan fingerprint density at radius 3 is 3.25 bits per heavy atom. The van der Waals surface area contributed by atoms with Crippen LogP contribution in [0.5, 0.6) is 0 Å². The Balaban J connectivity index is 2.29. The second-order valence-corrected chi connectivity index (χ2v) is 3.42. The predicted molar refractivity (Wildman–Crippen MR) is 48.4 cm³/mol. The van der Waals surface area contributed by atoms with Crippen LogP contribution in [-0.2, 0) is 0 Å². The van der Waals surface area contributed by atoms with Gasteiger partial charge in [-0.2, -0.15) is 0 Å². The Labute approximate surface area is 72.3 Å². The lowest BCUT2D eigenvalue weighted by Gasteiger charge is -2.26. The van der Waals surface area contributed by atoms with Gasteiger partial charge in [0.05, 0.1) is 5.71 Å². The molecule has 1 fully saturated rings. The molecule has 12 heavy (non-hydrogen) atoms. The molecule has 1 unspecified atom stereocenters. The summed E-state index contributed by atoms with van der Waals surface area (Å²) >= 11 is 0. The molecule has 2 rings (SSSR count). The van der Waals surface area contributed by atoms with Gasteiger partial charge in [0.25, 0.3) is 0 Å². The van der Waals surface area contributed by atoms with Crippen molar-refractivity contribution in [2.75, 3.05) is 0 Å². The van der Waals surface area contributed by atoms with Gasteiger partial charge in [-0.25, -0.2) is 0 Å². The van der Waals surface area contributed by atoms with Crippen molar-refractivity contribution in [1.82, 2.24) is 0 Å². The normalized spacial score (nSPS) is 31.5. The van der Waals surface area contributed by atoms with Gasteiger partial charge in [-0.15, -0.1) is 0 Å². The molecule has 1 N–H and O–H groups in total. The van der Waals surface area contributed by atoms with Gasteiger partial charge in [0, 0.05) is 0 Å². The first-order chi connectivity index (χ1) is 5.92.